The fourth-order valence-electron chi connectivity index (χ4n) is 3.21. The number of hydrogen-bond donors (Lipinski definition) is 1. The van der Waals surface area contributed by atoms with E-state index in [-0.39, 0.29) is 25.4 Å². The second-order valence-corrected chi connectivity index (χ2v) is 8.83. The van der Waals surface area contributed by atoms with Gasteiger partial charge in [0.25, 0.3) is 0 Å². The Balaban J connectivity index is 1.99. The van der Waals surface area contributed by atoms with E-state index in [0.29, 0.717) is 35.1 Å². The third kappa shape index (κ3) is 6.43. The zero-order chi connectivity index (χ0) is 23.7. The fraction of sp³-hybridized carbons (Fsp3) is 0.409. The van der Waals surface area contributed by atoms with Crippen LogP contribution in [0.25, 0.3) is 0 Å². The standard InChI is InChI=1S/C22H30N2O7S/c1-28-18-10-7-6-9-17(18)24(32(5,26)27)12-8-11-21(25)23-15-16-13-19(29-2)22(31-4)20(14-16)30-3/h6-7,9-10,13-14H,8,11-12,15H2,1-5H3,(H,23,25). The minimum absolute atomic E-state index is 0.150. The molecule has 1 amide bonds. The number of amides is 1. The average molecular weight is 467 g/mol. The highest BCUT2D eigenvalue weighted by Crippen LogP contribution is 2.38. The second kappa shape index (κ2) is 11.5. The topological polar surface area (TPSA) is 103 Å². The largest absolute Gasteiger partial charge is 0.495 e. The van der Waals surface area contributed by atoms with Crippen LogP contribution in [0.4, 0.5) is 5.69 Å². The summed E-state index contributed by atoms with van der Waals surface area (Å²) in [5, 5.41) is 2.83. The van der Waals surface area contributed by atoms with Gasteiger partial charge in [-0.1, -0.05) is 12.1 Å². The van der Waals surface area contributed by atoms with E-state index in [1.54, 1.807) is 36.4 Å². The van der Waals surface area contributed by atoms with Gasteiger partial charge in [-0.15, -0.1) is 0 Å². The van der Waals surface area contributed by atoms with E-state index in [1.165, 1.54) is 32.7 Å². The van der Waals surface area contributed by atoms with Gasteiger partial charge in [-0.3, -0.25) is 9.10 Å². The van der Waals surface area contributed by atoms with Crippen LogP contribution in [0.5, 0.6) is 23.0 Å². The predicted molar refractivity (Wildman–Crippen MR) is 122 cm³/mol. The number of para-hydroxylation sites is 2. The summed E-state index contributed by atoms with van der Waals surface area (Å²) in [6.07, 6.45) is 1.63. The SMILES string of the molecule is COc1ccccc1N(CCCC(=O)NCc1cc(OC)c(OC)c(OC)c1)S(C)(=O)=O. The quantitative estimate of drug-likeness (QED) is 0.513. The van der Waals surface area contributed by atoms with Crippen molar-refractivity contribution in [3.8, 4) is 23.0 Å². The lowest BCUT2D eigenvalue weighted by Gasteiger charge is -2.24. The van der Waals surface area contributed by atoms with Gasteiger partial charge in [0.15, 0.2) is 11.5 Å². The normalized spacial score (nSPS) is 10.9. The van der Waals surface area contributed by atoms with Crippen molar-refractivity contribution < 1.29 is 32.2 Å². The summed E-state index contributed by atoms with van der Waals surface area (Å²) in [4.78, 5) is 12.3. The number of nitrogens with zero attached hydrogens (tertiary/aromatic N) is 1. The molecule has 0 aromatic heterocycles. The number of methoxy groups -OCH3 is 4. The zero-order valence-corrected chi connectivity index (χ0v) is 19.8. The Labute approximate surface area is 189 Å². The molecule has 2 rings (SSSR count). The summed E-state index contributed by atoms with van der Waals surface area (Å²) >= 11 is 0. The van der Waals surface area contributed by atoms with Crippen molar-refractivity contribution in [2.24, 2.45) is 0 Å². The Morgan fingerprint density at radius 1 is 0.938 bits per heavy atom. The lowest BCUT2D eigenvalue weighted by molar-refractivity contribution is -0.121. The number of ether oxygens (including phenoxy) is 4. The molecule has 0 bridgehead atoms. The Kier molecular flexibility index (Phi) is 9.01. The van der Waals surface area contributed by atoms with Gasteiger partial charge in [0.1, 0.15) is 5.75 Å². The van der Waals surface area contributed by atoms with Crippen LogP contribution in [0, 0.1) is 0 Å². The van der Waals surface area contributed by atoms with Gasteiger partial charge in [-0.25, -0.2) is 8.42 Å². The van der Waals surface area contributed by atoms with Crippen LogP contribution in [-0.4, -0.2) is 55.6 Å². The molecule has 0 unspecified atom stereocenters. The molecule has 0 aliphatic carbocycles. The highest BCUT2D eigenvalue weighted by molar-refractivity contribution is 7.92. The second-order valence-electron chi connectivity index (χ2n) is 6.92. The maximum atomic E-state index is 12.3. The van der Waals surface area contributed by atoms with Crippen LogP contribution < -0.4 is 28.6 Å². The van der Waals surface area contributed by atoms with Crippen LogP contribution in [0.2, 0.25) is 0 Å². The van der Waals surface area contributed by atoms with E-state index in [1.807, 2.05) is 0 Å². The third-order valence-electron chi connectivity index (χ3n) is 4.73. The number of rotatable bonds is 12. The van der Waals surface area contributed by atoms with E-state index in [4.69, 9.17) is 18.9 Å². The molecule has 9 nitrogen and oxygen atoms in total. The van der Waals surface area contributed by atoms with Gasteiger partial charge >= 0.3 is 0 Å². The molecule has 2 aromatic carbocycles. The highest BCUT2D eigenvalue weighted by atomic mass is 32.2. The molecule has 32 heavy (non-hydrogen) atoms. The van der Waals surface area contributed by atoms with E-state index in [9.17, 15) is 13.2 Å². The van der Waals surface area contributed by atoms with E-state index in [0.717, 1.165) is 11.8 Å². The van der Waals surface area contributed by atoms with E-state index in [2.05, 4.69) is 5.32 Å². The molecular formula is C22H30N2O7S. The van der Waals surface area contributed by atoms with Crippen molar-refractivity contribution in [2.75, 3.05) is 45.5 Å². The highest BCUT2D eigenvalue weighted by Gasteiger charge is 2.21. The molecule has 10 heteroatoms. The van der Waals surface area contributed by atoms with Gasteiger partial charge in [0.05, 0.1) is 40.4 Å². The first-order valence-corrected chi connectivity index (χ1v) is 11.8. The lowest BCUT2D eigenvalue weighted by atomic mass is 10.1. The summed E-state index contributed by atoms with van der Waals surface area (Å²) in [5.74, 6) is 1.72. The molecule has 1 N–H and O–H groups in total. The van der Waals surface area contributed by atoms with Crippen molar-refractivity contribution >= 4 is 21.6 Å². The molecule has 0 radical (unpaired) electrons. The average Bonchev–Trinajstić information content (AvgIpc) is 2.78. The van der Waals surface area contributed by atoms with E-state index >= 15 is 0 Å². The molecule has 0 aliphatic heterocycles. The van der Waals surface area contributed by atoms with Crippen LogP contribution in [-0.2, 0) is 21.4 Å². The summed E-state index contributed by atoms with van der Waals surface area (Å²) in [7, 11) is 2.50. The molecule has 176 valence electrons. The molecule has 0 saturated heterocycles. The monoisotopic (exact) mass is 466 g/mol. The molecule has 0 saturated carbocycles. The molecule has 0 spiro atoms. The van der Waals surface area contributed by atoms with Crippen LogP contribution in [0.1, 0.15) is 18.4 Å². The number of carbonyl (C=O) groups is 1. The molecule has 0 atom stereocenters. The molecule has 0 heterocycles. The van der Waals surface area contributed by atoms with Gasteiger partial charge in [-0.2, -0.15) is 0 Å². The first-order valence-electron chi connectivity index (χ1n) is 9.91. The number of nitrogens with one attached hydrogen (secondary N) is 1. The zero-order valence-electron chi connectivity index (χ0n) is 19.0. The fourth-order valence-corrected chi connectivity index (χ4v) is 4.18. The summed E-state index contributed by atoms with van der Waals surface area (Å²) in [5.41, 5.74) is 1.22. The third-order valence-corrected chi connectivity index (χ3v) is 5.91. The van der Waals surface area contributed by atoms with Crippen molar-refractivity contribution in [2.45, 2.75) is 19.4 Å². The Morgan fingerprint density at radius 3 is 2.06 bits per heavy atom. The van der Waals surface area contributed by atoms with Crippen LogP contribution >= 0.6 is 0 Å². The smallest absolute Gasteiger partial charge is 0.232 e. The summed E-state index contributed by atoms with van der Waals surface area (Å²) in [6, 6.07) is 10.4. The molecule has 2 aromatic rings. The first-order chi connectivity index (χ1) is 15.2. The Bertz CT molecular complexity index is 1000. The van der Waals surface area contributed by atoms with Crippen molar-refractivity contribution in [1.82, 2.24) is 5.32 Å². The van der Waals surface area contributed by atoms with Crippen molar-refractivity contribution in [3.05, 3.63) is 42.0 Å². The molecule has 0 aliphatic rings. The summed E-state index contributed by atoms with van der Waals surface area (Å²) in [6.45, 7) is 0.411. The van der Waals surface area contributed by atoms with Crippen LogP contribution in [0.15, 0.2) is 36.4 Å². The van der Waals surface area contributed by atoms with Crippen molar-refractivity contribution in [1.29, 1.82) is 0 Å². The summed E-state index contributed by atoms with van der Waals surface area (Å²) < 4.78 is 47.0. The maximum absolute atomic E-state index is 12.3. The lowest BCUT2D eigenvalue weighted by Crippen LogP contribution is -2.32. The molecule has 0 fully saturated rings. The van der Waals surface area contributed by atoms with Gasteiger partial charge in [0, 0.05) is 19.5 Å². The van der Waals surface area contributed by atoms with Gasteiger partial charge < -0.3 is 24.3 Å². The number of carbonyl (C=O) groups excluding carboxylic acids is 1. The minimum atomic E-state index is -3.54. The Hall–Kier alpha value is -3.14. The van der Waals surface area contributed by atoms with Crippen LogP contribution in [0.3, 0.4) is 0 Å². The predicted octanol–water partition coefficient (Wildman–Crippen LogP) is 2.58. The molecular weight excluding hydrogens is 436 g/mol. The minimum Gasteiger partial charge on any atom is -0.495 e. The van der Waals surface area contributed by atoms with Gasteiger partial charge in [-0.05, 0) is 36.2 Å². The first kappa shape index (κ1) is 25.1. The number of hydrogen-bond acceptors (Lipinski definition) is 7. The number of sulfonamides is 1. The number of anilines is 1. The van der Waals surface area contributed by atoms with Gasteiger partial charge in [0.2, 0.25) is 21.7 Å². The van der Waals surface area contributed by atoms with Crippen molar-refractivity contribution in [3.63, 3.8) is 0 Å². The Morgan fingerprint density at radius 2 is 1.53 bits per heavy atom. The number of benzene rings is 2. The maximum Gasteiger partial charge on any atom is 0.232 e. The van der Waals surface area contributed by atoms with E-state index < -0.39 is 10.0 Å².